The maximum atomic E-state index is 15.3. The van der Waals surface area contributed by atoms with Gasteiger partial charge in [-0.1, -0.05) is 6.92 Å². The molecule has 0 spiro atoms. The van der Waals surface area contributed by atoms with Gasteiger partial charge in [0.25, 0.3) is 11.9 Å². The molecule has 4 aromatic rings. The molecule has 1 N–H and O–H groups in total. The molecule has 1 aromatic carbocycles. The first-order valence-corrected chi connectivity index (χ1v) is 13.5. The molecule has 6 rings (SSSR count). The zero-order valence-electron chi connectivity index (χ0n) is 22.6. The van der Waals surface area contributed by atoms with Crippen molar-refractivity contribution in [2.75, 3.05) is 0 Å². The van der Waals surface area contributed by atoms with Gasteiger partial charge >= 0.3 is 6.18 Å². The summed E-state index contributed by atoms with van der Waals surface area (Å²) in [5.74, 6) is -0.555. The molecule has 0 bridgehead atoms. The lowest BCUT2D eigenvalue weighted by Gasteiger charge is -2.39. The van der Waals surface area contributed by atoms with Crippen LogP contribution in [0.3, 0.4) is 0 Å². The lowest BCUT2D eigenvalue weighted by molar-refractivity contribution is -0.658. The summed E-state index contributed by atoms with van der Waals surface area (Å²) in [7, 11) is 1.87. The summed E-state index contributed by atoms with van der Waals surface area (Å²) in [6.45, 7) is 4.01. The average molecular weight is 556 g/mol. The number of halogens is 4. The number of pyridine rings is 1. The van der Waals surface area contributed by atoms with E-state index < -0.39 is 28.8 Å². The quantitative estimate of drug-likeness (QED) is 0.266. The molecule has 40 heavy (non-hydrogen) atoms. The number of nitrogens with zero attached hydrogens (tertiary/aromatic N) is 5. The summed E-state index contributed by atoms with van der Waals surface area (Å²) in [5, 5.41) is 7.58. The fraction of sp³-hybridized carbons (Fsp3) is 0.448. The molecule has 0 saturated heterocycles. The minimum atomic E-state index is -5.03. The Balaban J connectivity index is 1.48. The summed E-state index contributed by atoms with van der Waals surface area (Å²) < 4.78 is 61.9. The first-order chi connectivity index (χ1) is 18.9. The molecular formula is C29H31F4N6O+. The Morgan fingerprint density at radius 2 is 1.98 bits per heavy atom. The average Bonchev–Trinajstić information content (AvgIpc) is 3.29. The van der Waals surface area contributed by atoms with E-state index in [0.717, 1.165) is 60.1 Å². The predicted octanol–water partition coefficient (Wildman–Crippen LogP) is 5.08. The molecule has 2 aliphatic carbocycles. The highest BCUT2D eigenvalue weighted by Gasteiger charge is 2.40. The predicted molar refractivity (Wildman–Crippen MR) is 140 cm³/mol. The second-order valence-electron chi connectivity index (χ2n) is 11.7. The molecule has 210 valence electrons. The molecule has 11 heteroatoms. The summed E-state index contributed by atoms with van der Waals surface area (Å²) in [6, 6.07) is 5.53. The Labute approximate surface area is 228 Å². The number of aromatic nitrogens is 5. The maximum Gasteiger partial charge on any atom is 0.422 e. The van der Waals surface area contributed by atoms with Crippen molar-refractivity contribution >= 4 is 5.65 Å². The van der Waals surface area contributed by atoms with Crippen molar-refractivity contribution in [2.45, 2.75) is 70.1 Å². The molecule has 0 aliphatic heterocycles. The maximum absolute atomic E-state index is 15.3. The van der Waals surface area contributed by atoms with E-state index in [1.807, 2.05) is 37.0 Å². The minimum absolute atomic E-state index is 0.127. The highest BCUT2D eigenvalue weighted by molar-refractivity contribution is 5.67. The zero-order chi connectivity index (χ0) is 28.4. The summed E-state index contributed by atoms with van der Waals surface area (Å²) >= 11 is 0. The van der Waals surface area contributed by atoms with Gasteiger partial charge < -0.3 is 5.32 Å². The van der Waals surface area contributed by atoms with Crippen molar-refractivity contribution in [2.24, 2.45) is 13.0 Å². The zero-order valence-corrected chi connectivity index (χ0v) is 22.6. The highest BCUT2D eigenvalue weighted by Crippen LogP contribution is 2.43. The molecule has 7 nitrogen and oxygen atoms in total. The third-order valence-corrected chi connectivity index (χ3v) is 8.50. The van der Waals surface area contributed by atoms with E-state index in [4.69, 9.17) is 0 Å². The van der Waals surface area contributed by atoms with Crippen LogP contribution < -0.4 is 15.6 Å². The molecule has 0 amide bonds. The topological polar surface area (TPSA) is 68.1 Å². The Kier molecular flexibility index (Phi) is 6.32. The second-order valence-corrected chi connectivity index (χ2v) is 11.7. The number of aryl methyl sites for hydroxylation is 1. The van der Waals surface area contributed by atoms with Gasteiger partial charge in [0, 0.05) is 35.6 Å². The Bertz CT molecular complexity index is 1660. The summed E-state index contributed by atoms with van der Waals surface area (Å²) in [5.41, 5.74) is -0.848. The number of alkyl halides is 3. The molecule has 0 atom stereocenters. The van der Waals surface area contributed by atoms with Gasteiger partial charge in [-0.15, -0.1) is 4.68 Å². The Morgan fingerprint density at radius 1 is 1.23 bits per heavy atom. The summed E-state index contributed by atoms with van der Waals surface area (Å²) in [6.07, 6.45) is 5.48. The van der Waals surface area contributed by atoms with Gasteiger partial charge in [0.2, 0.25) is 6.33 Å². The number of rotatable bonds is 6. The van der Waals surface area contributed by atoms with Crippen LogP contribution in [0.25, 0.3) is 22.5 Å². The van der Waals surface area contributed by atoms with E-state index in [2.05, 4.69) is 22.3 Å². The van der Waals surface area contributed by atoms with E-state index in [1.54, 1.807) is 17.1 Å². The SMILES string of the molecule is Cn1cn[n+](-c2ccc(-c3cnc4c(C(F)(F)F)c(F)c(CNC5(C)CCC5)cn4c3=O)cc2[C@H]2C[C@H](C)C2)c1. The molecule has 2 aliphatic rings. The van der Waals surface area contributed by atoms with Crippen LogP contribution in [0.15, 0.2) is 48.0 Å². The monoisotopic (exact) mass is 555 g/mol. The standard InChI is InChI=1S/C29H31F4N6O/c1-17-9-19(10-17)21-11-18(5-6-23(21)39-16-37(3)15-36-39)22-13-34-26-24(29(31,32)33)25(30)20(14-38(26)27(22)40)12-35-28(2)7-4-8-28/h5-6,11,13-17,19,35H,4,7-10,12H2,1-3H3/q+1/t17-,19-. The number of hydrogen-bond donors (Lipinski definition) is 1. The van der Waals surface area contributed by atoms with Crippen molar-refractivity contribution in [1.82, 2.24) is 24.4 Å². The van der Waals surface area contributed by atoms with Gasteiger partial charge in [-0.2, -0.15) is 13.2 Å². The third-order valence-electron chi connectivity index (χ3n) is 8.50. The number of benzene rings is 1. The van der Waals surface area contributed by atoms with E-state index in [-0.39, 0.29) is 29.1 Å². The van der Waals surface area contributed by atoms with E-state index in [1.165, 1.54) is 0 Å². The largest absolute Gasteiger partial charge is 0.422 e. The molecule has 3 heterocycles. The van der Waals surface area contributed by atoms with Crippen LogP contribution in [-0.4, -0.2) is 24.6 Å². The smallest absolute Gasteiger partial charge is 0.307 e. The van der Waals surface area contributed by atoms with E-state index in [0.29, 0.717) is 11.5 Å². The first kappa shape index (κ1) is 26.6. The van der Waals surface area contributed by atoms with Crippen LogP contribution in [0, 0.1) is 11.7 Å². The van der Waals surface area contributed by atoms with Crippen molar-refractivity contribution in [3.05, 3.63) is 76.1 Å². The van der Waals surface area contributed by atoms with Crippen molar-refractivity contribution in [3.63, 3.8) is 0 Å². The number of hydrogen-bond acceptors (Lipinski definition) is 4. The van der Waals surface area contributed by atoms with Gasteiger partial charge in [0.1, 0.15) is 11.4 Å². The molecule has 2 fully saturated rings. The fourth-order valence-electron chi connectivity index (χ4n) is 5.92. The van der Waals surface area contributed by atoms with Crippen molar-refractivity contribution < 1.29 is 22.2 Å². The van der Waals surface area contributed by atoms with Crippen LogP contribution >= 0.6 is 0 Å². The Morgan fingerprint density at radius 3 is 2.58 bits per heavy atom. The van der Waals surface area contributed by atoms with Gasteiger partial charge in [-0.05, 0) is 79.7 Å². The van der Waals surface area contributed by atoms with Crippen LogP contribution in [0.1, 0.15) is 68.6 Å². The van der Waals surface area contributed by atoms with Crippen molar-refractivity contribution in [1.29, 1.82) is 0 Å². The van der Waals surface area contributed by atoms with Crippen LogP contribution in [0.5, 0.6) is 0 Å². The number of nitrogens with one attached hydrogen (secondary N) is 1. The third kappa shape index (κ3) is 4.59. The molecule has 0 radical (unpaired) electrons. The van der Waals surface area contributed by atoms with Crippen LogP contribution in [-0.2, 0) is 19.8 Å². The highest BCUT2D eigenvalue weighted by atomic mass is 19.4. The van der Waals surface area contributed by atoms with Gasteiger partial charge in [-0.25, -0.2) is 13.9 Å². The van der Waals surface area contributed by atoms with Crippen LogP contribution in [0.2, 0.25) is 0 Å². The van der Waals surface area contributed by atoms with Gasteiger partial charge in [-0.3, -0.25) is 9.20 Å². The van der Waals surface area contributed by atoms with Gasteiger partial charge in [0.15, 0.2) is 11.3 Å². The Hall–Kier alpha value is -3.60. The van der Waals surface area contributed by atoms with Crippen LogP contribution in [0.4, 0.5) is 17.6 Å². The summed E-state index contributed by atoms with van der Waals surface area (Å²) in [4.78, 5) is 17.7. The molecular weight excluding hydrogens is 524 g/mol. The lowest BCUT2D eigenvalue weighted by Crippen LogP contribution is -2.47. The first-order valence-electron chi connectivity index (χ1n) is 13.5. The fourth-order valence-corrected chi connectivity index (χ4v) is 5.92. The molecule has 2 saturated carbocycles. The second kappa shape index (κ2) is 9.50. The minimum Gasteiger partial charge on any atom is -0.307 e. The number of fused-ring (bicyclic) bond motifs is 1. The van der Waals surface area contributed by atoms with Crippen molar-refractivity contribution in [3.8, 4) is 16.8 Å². The van der Waals surface area contributed by atoms with E-state index in [9.17, 15) is 18.0 Å². The molecule has 0 unspecified atom stereocenters. The van der Waals surface area contributed by atoms with Gasteiger partial charge in [0.05, 0.1) is 12.6 Å². The van der Waals surface area contributed by atoms with E-state index >= 15 is 4.39 Å². The molecule has 3 aromatic heterocycles. The lowest BCUT2D eigenvalue weighted by atomic mass is 9.71. The normalized spacial score (nSPS) is 20.4.